The van der Waals surface area contributed by atoms with Gasteiger partial charge in [0.1, 0.15) is 5.65 Å². The Labute approximate surface area is 304 Å². The number of benzene rings is 6. The second kappa shape index (κ2) is 12.5. The smallest absolute Gasteiger partial charge is 0.164 e. The molecule has 6 aromatic carbocycles. The zero-order valence-electron chi connectivity index (χ0n) is 27.9. The number of hydrogen-bond acceptors (Lipinski definition) is 5. The highest BCUT2D eigenvalue weighted by Crippen LogP contribution is 2.43. The lowest BCUT2D eigenvalue weighted by molar-refractivity contribution is 1.07. The third-order valence-corrected chi connectivity index (χ3v) is 10.7. The summed E-state index contributed by atoms with van der Waals surface area (Å²) >= 11 is 1.84. The van der Waals surface area contributed by atoms with Gasteiger partial charge in [-0.25, -0.2) is 19.9 Å². The molecule has 0 N–H and O–H groups in total. The second-order valence-corrected chi connectivity index (χ2v) is 13.8. The van der Waals surface area contributed by atoms with Crippen LogP contribution in [0.4, 0.5) is 0 Å². The van der Waals surface area contributed by atoms with Crippen molar-refractivity contribution in [3.8, 4) is 67.8 Å². The van der Waals surface area contributed by atoms with Crippen molar-refractivity contribution in [2.75, 3.05) is 0 Å². The van der Waals surface area contributed by atoms with E-state index in [-0.39, 0.29) is 0 Å². The number of fused-ring (bicyclic) bond motifs is 4. The number of pyridine rings is 1. The standard InChI is InChI=1S/C46H29N5S/c1-3-12-33(13-4-1)44-48-45(34-14-5-2-6-15-34)50-46(49-44)35-27-23-31(24-28-35)30-21-25-32(26-22-30)41-42(51-29-10-9-20-40(51)47-41)38-18-11-17-37-36-16-7-8-19-39(36)52-43(37)38/h1-29H. The van der Waals surface area contributed by atoms with Gasteiger partial charge < -0.3 is 0 Å². The van der Waals surface area contributed by atoms with E-state index in [0.717, 1.165) is 50.4 Å². The van der Waals surface area contributed by atoms with Crippen LogP contribution in [0, 0.1) is 0 Å². The highest BCUT2D eigenvalue weighted by molar-refractivity contribution is 7.26. The fourth-order valence-corrected chi connectivity index (χ4v) is 8.18. The lowest BCUT2D eigenvalue weighted by atomic mass is 9.99. The molecule has 244 valence electrons. The highest BCUT2D eigenvalue weighted by Gasteiger charge is 2.20. The largest absolute Gasteiger partial charge is 0.299 e. The average Bonchev–Trinajstić information content (AvgIpc) is 3.81. The molecule has 5 nitrogen and oxygen atoms in total. The summed E-state index contributed by atoms with van der Waals surface area (Å²) in [5, 5.41) is 2.57. The molecule has 4 heterocycles. The van der Waals surface area contributed by atoms with Gasteiger partial charge in [0.25, 0.3) is 0 Å². The van der Waals surface area contributed by atoms with E-state index in [4.69, 9.17) is 19.9 Å². The van der Waals surface area contributed by atoms with Gasteiger partial charge in [-0.2, -0.15) is 0 Å². The van der Waals surface area contributed by atoms with Gasteiger partial charge in [0.05, 0.1) is 11.4 Å². The SMILES string of the molecule is c1ccc(-c2nc(-c3ccccc3)nc(-c3ccc(-c4ccc(-c5nc6ccccn6c5-c5cccc6c5sc5ccccc56)cc4)cc3)n2)cc1. The van der Waals surface area contributed by atoms with Crippen LogP contribution in [0.5, 0.6) is 0 Å². The molecule has 52 heavy (non-hydrogen) atoms. The van der Waals surface area contributed by atoms with Crippen molar-refractivity contribution in [2.24, 2.45) is 0 Å². The minimum Gasteiger partial charge on any atom is -0.299 e. The van der Waals surface area contributed by atoms with Gasteiger partial charge in [-0.15, -0.1) is 11.3 Å². The number of thiophene rings is 1. The van der Waals surface area contributed by atoms with Crippen LogP contribution in [-0.4, -0.2) is 24.3 Å². The van der Waals surface area contributed by atoms with E-state index in [2.05, 4.69) is 114 Å². The Balaban J connectivity index is 1.01. The summed E-state index contributed by atoms with van der Waals surface area (Å²) in [6, 6.07) is 58.8. The summed E-state index contributed by atoms with van der Waals surface area (Å²) in [4.78, 5) is 19.8. The molecule has 0 bridgehead atoms. The first-order valence-electron chi connectivity index (χ1n) is 17.2. The number of rotatable bonds is 6. The van der Waals surface area contributed by atoms with Crippen molar-refractivity contribution in [3.63, 3.8) is 0 Å². The Bertz CT molecular complexity index is 2820. The van der Waals surface area contributed by atoms with Gasteiger partial charge >= 0.3 is 0 Å². The summed E-state index contributed by atoms with van der Waals surface area (Å²) < 4.78 is 4.78. The van der Waals surface area contributed by atoms with Crippen molar-refractivity contribution in [1.82, 2.24) is 24.3 Å². The zero-order valence-corrected chi connectivity index (χ0v) is 28.7. The van der Waals surface area contributed by atoms with Crippen LogP contribution in [0.25, 0.3) is 93.6 Å². The van der Waals surface area contributed by atoms with Crippen LogP contribution in [0.3, 0.4) is 0 Å². The molecule has 10 rings (SSSR count). The molecule has 0 atom stereocenters. The predicted molar refractivity (Wildman–Crippen MR) is 214 cm³/mol. The lowest BCUT2D eigenvalue weighted by Crippen LogP contribution is -2.00. The molecule has 0 aliphatic rings. The van der Waals surface area contributed by atoms with E-state index in [1.165, 1.54) is 25.7 Å². The third kappa shape index (κ3) is 5.25. The third-order valence-electron chi connectivity index (χ3n) is 9.52. The Morgan fingerprint density at radius 1 is 0.385 bits per heavy atom. The van der Waals surface area contributed by atoms with Gasteiger partial charge in [-0.1, -0.05) is 152 Å². The molecule has 0 aliphatic carbocycles. The Morgan fingerprint density at radius 2 is 0.904 bits per heavy atom. The molecule has 0 saturated carbocycles. The number of nitrogens with zero attached hydrogens (tertiary/aromatic N) is 5. The van der Waals surface area contributed by atoms with Gasteiger partial charge in [0.15, 0.2) is 17.5 Å². The first-order chi connectivity index (χ1) is 25.8. The molecule has 0 unspecified atom stereocenters. The fourth-order valence-electron chi connectivity index (χ4n) is 6.96. The van der Waals surface area contributed by atoms with Gasteiger partial charge in [0, 0.05) is 54.2 Å². The van der Waals surface area contributed by atoms with Gasteiger partial charge in [0.2, 0.25) is 0 Å². The highest BCUT2D eigenvalue weighted by atomic mass is 32.1. The van der Waals surface area contributed by atoms with Gasteiger partial charge in [-0.05, 0) is 29.3 Å². The normalized spacial score (nSPS) is 11.5. The maximum atomic E-state index is 5.17. The summed E-state index contributed by atoms with van der Waals surface area (Å²) in [5.74, 6) is 1.95. The first-order valence-corrected chi connectivity index (χ1v) is 18.0. The Kier molecular flexibility index (Phi) is 7.25. The van der Waals surface area contributed by atoms with Crippen LogP contribution in [0.1, 0.15) is 0 Å². The summed E-state index contributed by atoms with van der Waals surface area (Å²) in [6.07, 6.45) is 2.11. The molecular weight excluding hydrogens is 655 g/mol. The number of imidazole rings is 1. The molecule has 0 amide bonds. The van der Waals surface area contributed by atoms with Crippen molar-refractivity contribution in [2.45, 2.75) is 0 Å². The van der Waals surface area contributed by atoms with E-state index in [1.54, 1.807) is 0 Å². The lowest BCUT2D eigenvalue weighted by Gasteiger charge is -2.10. The van der Waals surface area contributed by atoms with Crippen LogP contribution in [-0.2, 0) is 0 Å². The van der Waals surface area contributed by atoms with Crippen molar-refractivity contribution >= 4 is 37.2 Å². The van der Waals surface area contributed by atoms with E-state index >= 15 is 0 Å². The maximum absolute atomic E-state index is 5.17. The van der Waals surface area contributed by atoms with E-state index in [1.807, 2.05) is 78.1 Å². The molecule has 0 saturated heterocycles. The van der Waals surface area contributed by atoms with Gasteiger partial charge in [-0.3, -0.25) is 4.40 Å². The second-order valence-electron chi connectivity index (χ2n) is 12.7. The van der Waals surface area contributed by atoms with E-state index in [9.17, 15) is 0 Å². The summed E-state index contributed by atoms with van der Waals surface area (Å²) in [5.41, 5.74) is 10.3. The Morgan fingerprint density at radius 3 is 1.56 bits per heavy atom. The molecule has 0 aliphatic heterocycles. The van der Waals surface area contributed by atoms with Crippen LogP contribution < -0.4 is 0 Å². The van der Waals surface area contributed by atoms with E-state index in [0.29, 0.717) is 17.5 Å². The van der Waals surface area contributed by atoms with Crippen LogP contribution in [0.2, 0.25) is 0 Å². The van der Waals surface area contributed by atoms with Crippen molar-refractivity contribution < 1.29 is 0 Å². The molecule has 10 aromatic rings. The van der Waals surface area contributed by atoms with Crippen molar-refractivity contribution in [3.05, 3.63) is 176 Å². The molecule has 4 aromatic heterocycles. The van der Waals surface area contributed by atoms with Crippen LogP contribution >= 0.6 is 11.3 Å². The Hall–Kier alpha value is -6.76. The zero-order chi connectivity index (χ0) is 34.4. The quantitative estimate of drug-likeness (QED) is 0.175. The minimum absolute atomic E-state index is 0.641. The fraction of sp³-hybridized carbons (Fsp3) is 0. The van der Waals surface area contributed by atoms with Crippen molar-refractivity contribution in [1.29, 1.82) is 0 Å². The summed E-state index contributed by atoms with van der Waals surface area (Å²) in [7, 11) is 0. The predicted octanol–water partition coefficient (Wildman–Crippen LogP) is 11.9. The maximum Gasteiger partial charge on any atom is 0.164 e. The minimum atomic E-state index is 0.641. The average molecular weight is 684 g/mol. The molecule has 0 spiro atoms. The monoisotopic (exact) mass is 683 g/mol. The number of aromatic nitrogens is 5. The molecule has 0 radical (unpaired) electrons. The topological polar surface area (TPSA) is 56.0 Å². The molecule has 0 fully saturated rings. The summed E-state index contributed by atoms with van der Waals surface area (Å²) in [6.45, 7) is 0. The molecule has 6 heteroatoms. The van der Waals surface area contributed by atoms with Crippen LogP contribution in [0.15, 0.2) is 176 Å². The van der Waals surface area contributed by atoms with E-state index < -0.39 is 0 Å². The molecular formula is C46H29N5S. The number of hydrogen-bond donors (Lipinski definition) is 0. The first kappa shape index (κ1) is 30.1.